The van der Waals surface area contributed by atoms with Crippen LogP contribution in [0.15, 0.2) is 42.7 Å². The van der Waals surface area contributed by atoms with Gasteiger partial charge in [-0.25, -0.2) is 0 Å². The van der Waals surface area contributed by atoms with E-state index in [2.05, 4.69) is 5.10 Å². The summed E-state index contributed by atoms with van der Waals surface area (Å²) in [5, 5.41) is 12.7. The van der Waals surface area contributed by atoms with Crippen LogP contribution in [0.3, 0.4) is 0 Å². The van der Waals surface area contributed by atoms with Crippen LogP contribution in [0.5, 0.6) is 0 Å². The van der Waals surface area contributed by atoms with Gasteiger partial charge in [-0.05, 0) is 23.8 Å². The molecule has 1 aromatic heterocycles. The van der Waals surface area contributed by atoms with Gasteiger partial charge in [0.1, 0.15) is 6.54 Å². The second-order valence-corrected chi connectivity index (χ2v) is 5.40. The van der Waals surface area contributed by atoms with Gasteiger partial charge in [-0.2, -0.15) is 23.5 Å². The van der Waals surface area contributed by atoms with Gasteiger partial charge in [0.25, 0.3) is 0 Å². The van der Waals surface area contributed by atoms with Gasteiger partial charge in [0.05, 0.1) is 17.8 Å². The smallest absolute Gasteiger partial charge is 0.326 e. The molecule has 0 unspecified atom stereocenters. The Kier molecular flexibility index (Phi) is 5.60. The molecule has 0 bridgehead atoms. The Hall–Kier alpha value is -3.08. The molecule has 0 aliphatic rings. The lowest BCUT2D eigenvalue weighted by atomic mass is 10.1. The molecule has 0 spiro atoms. The van der Waals surface area contributed by atoms with E-state index in [1.165, 1.54) is 41.2 Å². The van der Waals surface area contributed by atoms with E-state index in [9.17, 15) is 18.0 Å². The van der Waals surface area contributed by atoms with E-state index in [0.29, 0.717) is 21.6 Å². The molecule has 1 heterocycles. The maximum Gasteiger partial charge on any atom is 0.406 e. The average Bonchev–Trinajstić information content (AvgIpc) is 2.97. The molecule has 0 fully saturated rings. The highest BCUT2D eigenvalue weighted by Crippen LogP contribution is 2.19. The van der Waals surface area contributed by atoms with E-state index < -0.39 is 18.6 Å². The number of benzene rings is 1. The summed E-state index contributed by atoms with van der Waals surface area (Å²) in [6, 6.07) is 7.98. The Balaban J connectivity index is 2.14. The molecule has 130 valence electrons. The summed E-state index contributed by atoms with van der Waals surface area (Å²) in [6.07, 6.45) is 1.13. The van der Waals surface area contributed by atoms with E-state index in [1.807, 2.05) is 6.07 Å². The lowest BCUT2D eigenvalue weighted by molar-refractivity contribution is -0.159. The molecule has 0 N–H and O–H groups in total. The van der Waals surface area contributed by atoms with Gasteiger partial charge >= 0.3 is 6.18 Å². The molecule has 5 nitrogen and oxygen atoms in total. The largest absolute Gasteiger partial charge is 0.406 e. The fourth-order valence-corrected chi connectivity index (χ4v) is 2.13. The van der Waals surface area contributed by atoms with Gasteiger partial charge in [-0.15, -0.1) is 0 Å². The van der Waals surface area contributed by atoms with Crippen molar-refractivity contribution in [1.29, 1.82) is 5.26 Å². The third-order valence-corrected chi connectivity index (χ3v) is 3.28. The fraction of sp³-hybridized carbons (Fsp3) is 0.235. The number of alkyl halides is 3. The summed E-state index contributed by atoms with van der Waals surface area (Å²) in [7, 11) is 1.69. The topological polar surface area (TPSA) is 61.9 Å². The van der Waals surface area contributed by atoms with Crippen molar-refractivity contribution in [2.75, 3.05) is 6.54 Å². The fourth-order valence-electron chi connectivity index (χ4n) is 2.13. The van der Waals surface area contributed by atoms with Gasteiger partial charge in [0.15, 0.2) is 0 Å². The monoisotopic (exact) mass is 348 g/mol. The van der Waals surface area contributed by atoms with Crippen molar-refractivity contribution in [2.45, 2.75) is 12.7 Å². The summed E-state index contributed by atoms with van der Waals surface area (Å²) >= 11 is 0. The highest BCUT2D eigenvalue weighted by atomic mass is 19.4. The number of rotatable bonds is 5. The van der Waals surface area contributed by atoms with Gasteiger partial charge in [-0.1, -0.05) is 12.1 Å². The first-order valence-corrected chi connectivity index (χ1v) is 7.28. The number of hydrogen-bond acceptors (Lipinski definition) is 3. The third kappa shape index (κ3) is 5.80. The number of aromatic nitrogens is 2. The molecule has 8 heteroatoms. The molecular formula is C17H15F3N4O. The first-order valence-electron chi connectivity index (χ1n) is 7.28. The molecule has 1 amide bonds. The van der Waals surface area contributed by atoms with Crippen LogP contribution in [-0.2, 0) is 18.4 Å². The predicted octanol–water partition coefficient (Wildman–Crippen LogP) is 2.90. The molecule has 0 saturated heterocycles. The summed E-state index contributed by atoms with van der Waals surface area (Å²) in [5.41, 5.74) is 1.52. The second-order valence-electron chi connectivity index (χ2n) is 5.40. The normalized spacial score (nSPS) is 11.5. The zero-order chi connectivity index (χ0) is 18.4. The zero-order valence-electron chi connectivity index (χ0n) is 13.4. The van der Waals surface area contributed by atoms with Crippen molar-refractivity contribution in [3.63, 3.8) is 0 Å². The number of carbonyl (C=O) groups is 1. The minimum absolute atomic E-state index is 0.207. The molecule has 0 atom stereocenters. The van der Waals surface area contributed by atoms with Crippen LogP contribution in [0.2, 0.25) is 0 Å². The van der Waals surface area contributed by atoms with Crippen molar-refractivity contribution >= 4 is 12.0 Å². The van der Waals surface area contributed by atoms with Crippen LogP contribution in [0, 0.1) is 11.3 Å². The Labute approximate surface area is 142 Å². The number of amides is 1. The number of carbonyl (C=O) groups excluding carboxylic acids is 1. The summed E-state index contributed by atoms with van der Waals surface area (Å²) < 4.78 is 39.9. The maximum atomic E-state index is 12.8. The lowest BCUT2D eigenvalue weighted by Gasteiger charge is -2.22. The van der Waals surface area contributed by atoms with Crippen LogP contribution in [0.1, 0.15) is 16.7 Å². The van der Waals surface area contributed by atoms with E-state index in [1.54, 1.807) is 13.2 Å². The molecular weight excluding hydrogens is 333 g/mol. The Bertz CT molecular complexity index is 801. The zero-order valence-corrected chi connectivity index (χ0v) is 13.4. The highest BCUT2D eigenvalue weighted by molar-refractivity contribution is 5.91. The quantitative estimate of drug-likeness (QED) is 0.781. The SMILES string of the molecule is Cn1cc(/C=C\C(=O)N(Cc2ccc(C#N)cc2)CC(F)(F)F)cn1. The lowest BCUT2D eigenvalue weighted by Crippen LogP contribution is -2.37. The van der Waals surface area contributed by atoms with Crippen LogP contribution >= 0.6 is 0 Å². The number of halogens is 3. The van der Waals surface area contributed by atoms with Crippen molar-refractivity contribution in [1.82, 2.24) is 14.7 Å². The molecule has 0 aliphatic heterocycles. The number of hydrogen-bond donors (Lipinski definition) is 0. The second kappa shape index (κ2) is 7.66. The predicted molar refractivity (Wildman–Crippen MR) is 84.9 cm³/mol. The Morgan fingerprint density at radius 3 is 2.56 bits per heavy atom. The van der Waals surface area contributed by atoms with Gasteiger partial charge in [0, 0.05) is 31.4 Å². The van der Waals surface area contributed by atoms with E-state index in [4.69, 9.17) is 5.26 Å². The average molecular weight is 348 g/mol. The van der Waals surface area contributed by atoms with Crippen molar-refractivity contribution in [3.05, 3.63) is 59.4 Å². The van der Waals surface area contributed by atoms with Crippen LogP contribution in [-0.4, -0.2) is 33.3 Å². The van der Waals surface area contributed by atoms with Crippen molar-refractivity contribution in [2.24, 2.45) is 7.05 Å². The Morgan fingerprint density at radius 2 is 2.04 bits per heavy atom. The molecule has 0 aliphatic carbocycles. The van der Waals surface area contributed by atoms with Crippen molar-refractivity contribution in [3.8, 4) is 6.07 Å². The molecule has 0 saturated carbocycles. The molecule has 1 aromatic carbocycles. The minimum atomic E-state index is -4.51. The van der Waals surface area contributed by atoms with Crippen LogP contribution in [0.25, 0.3) is 6.08 Å². The first kappa shape index (κ1) is 18.3. The molecule has 25 heavy (non-hydrogen) atoms. The molecule has 0 radical (unpaired) electrons. The number of nitrogens with zero attached hydrogens (tertiary/aromatic N) is 4. The molecule has 2 aromatic rings. The maximum absolute atomic E-state index is 12.8. The third-order valence-electron chi connectivity index (χ3n) is 3.28. The van der Waals surface area contributed by atoms with Gasteiger partial charge in [0.2, 0.25) is 5.91 Å². The van der Waals surface area contributed by atoms with Crippen LogP contribution in [0.4, 0.5) is 13.2 Å². The number of nitriles is 1. The number of aryl methyl sites for hydroxylation is 1. The minimum Gasteiger partial charge on any atom is -0.326 e. The van der Waals surface area contributed by atoms with E-state index in [-0.39, 0.29) is 6.54 Å². The first-order chi connectivity index (χ1) is 11.8. The summed E-state index contributed by atoms with van der Waals surface area (Å²) in [4.78, 5) is 12.9. The van der Waals surface area contributed by atoms with E-state index >= 15 is 0 Å². The van der Waals surface area contributed by atoms with Crippen LogP contribution < -0.4 is 0 Å². The van der Waals surface area contributed by atoms with E-state index in [0.717, 1.165) is 6.08 Å². The van der Waals surface area contributed by atoms with Crippen molar-refractivity contribution < 1.29 is 18.0 Å². The van der Waals surface area contributed by atoms with Gasteiger partial charge in [-0.3, -0.25) is 9.48 Å². The standard InChI is InChI=1S/C17H15F3N4O/c1-23-10-15(9-22-23)6-7-16(25)24(12-17(18,19)20)11-14-4-2-13(8-21)3-5-14/h2-7,9-10H,11-12H2,1H3/b7-6-. The molecule has 2 rings (SSSR count). The summed E-state index contributed by atoms with van der Waals surface area (Å²) in [6.45, 7) is -1.56. The Morgan fingerprint density at radius 1 is 1.36 bits per heavy atom. The van der Waals surface area contributed by atoms with Gasteiger partial charge < -0.3 is 4.90 Å². The highest BCUT2D eigenvalue weighted by Gasteiger charge is 2.32. The summed E-state index contributed by atoms with van der Waals surface area (Å²) in [5.74, 6) is -0.759.